The minimum absolute atomic E-state index is 0.0443. The first-order valence-electron chi connectivity index (χ1n) is 2.87. The van der Waals surface area contributed by atoms with E-state index >= 15 is 0 Å². The van der Waals surface area contributed by atoms with Gasteiger partial charge in [0.2, 0.25) is 5.91 Å². The maximum Gasteiger partial charge on any atom is 0.239 e. The number of aliphatic imine (C=N–C) groups is 1. The Morgan fingerprint density at radius 2 is 2.60 bits per heavy atom. The molecule has 0 unspecified atom stereocenters. The molecular formula is C5H8N2O2S. The third-order valence-electron chi connectivity index (χ3n) is 1.10. The van der Waals surface area contributed by atoms with Crippen LogP contribution in [0.5, 0.6) is 0 Å². The van der Waals surface area contributed by atoms with Gasteiger partial charge in [-0.25, -0.2) is 4.99 Å². The van der Waals surface area contributed by atoms with E-state index in [1.807, 2.05) is 0 Å². The number of carbonyl (C=O) groups excluding carboxylic acids is 1. The summed E-state index contributed by atoms with van der Waals surface area (Å²) in [5, 5.41) is 11.3. The highest BCUT2D eigenvalue weighted by Crippen LogP contribution is 2.17. The number of rotatable bonds is 1. The lowest BCUT2D eigenvalue weighted by molar-refractivity contribution is -0.118. The van der Waals surface area contributed by atoms with Gasteiger partial charge in [0.15, 0.2) is 5.17 Å². The van der Waals surface area contributed by atoms with Crippen LogP contribution in [0.15, 0.2) is 4.99 Å². The number of hydrogen-bond donors (Lipinski definition) is 2. The first-order chi connectivity index (χ1) is 4.74. The van der Waals surface area contributed by atoms with Gasteiger partial charge in [-0.2, -0.15) is 0 Å². The lowest BCUT2D eigenvalue weighted by Gasteiger charge is -1.89. The van der Waals surface area contributed by atoms with Crippen LogP contribution in [0.25, 0.3) is 0 Å². The van der Waals surface area contributed by atoms with Crippen molar-refractivity contribution in [2.75, 3.05) is 6.73 Å². The smallest absolute Gasteiger partial charge is 0.239 e. The molecule has 5 heteroatoms. The fourth-order valence-corrected chi connectivity index (χ4v) is 1.39. The van der Waals surface area contributed by atoms with Gasteiger partial charge in [0, 0.05) is 0 Å². The van der Waals surface area contributed by atoms with Crippen LogP contribution in [0.1, 0.15) is 6.92 Å². The van der Waals surface area contributed by atoms with Gasteiger partial charge in [-0.3, -0.25) is 4.79 Å². The molecule has 1 amide bonds. The van der Waals surface area contributed by atoms with E-state index in [0.29, 0.717) is 5.17 Å². The fourth-order valence-electron chi connectivity index (χ4n) is 0.598. The van der Waals surface area contributed by atoms with E-state index < -0.39 is 0 Å². The zero-order chi connectivity index (χ0) is 7.56. The molecule has 0 bridgehead atoms. The van der Waals surface area contributed by atoms with E-state index in [9.17, 15) is 4.79 Å². The summed E-state index contributed by atoms with van der Waals surface area (Å²) in [5.74, 6) is -0.0443. The number of carbonyl (C=O) groups is 1. The van der Waals surface area contributed by atoms with Gasteiger partial charge in [0.1, 0.15) is 6.73 Å². The average Bonchev–Trinajstić information content (AvgIpc) is 2.14. The quantitative estimate of drug-likeness (QED) is 0.546. The van der Waals surface area contributed by atoms with Crippen LogP contribution in [-0.4, -0.2) is 28.2 Å². The molecule has 1 rings (SSSR count). The van der Waals surface area contributed by atoms with Crippen LogP contribution >= 0.6 is 11.8 Å². The highest BCUT2D eigenvalue weighted by molar-refractivity contribution is 8.15. The second-order valence-corrected chi connectivity index (χ2v) is 3.18. The van der Waals surface area contributed by atoms with Gasteiger partial charge < -0.3 is 10.4 Å². The van der Waals surface area contributed by atoms with E-state index in [4.69, 9.17) is 5.11 Å². The van der Waals surface area contributed by atoms with Crippen molar-refractivity contribution in [1.82, 2.24) is 5.32 Å². The molecule has 1 saturated heterocycles. The lowest BCUT2D eigenvalue weighted by atomic mass is 10.4. The molecule has 2 N–H and O–H groups in total. The molecule has 0 saturated carbocycles. The molecular weight excluding hydrogens is 152 g/mol. The maximum atomic E-state index is 10.8. The van der Waals surface area contributed by atoms with Crippen LogP contribution in [0, 0.1) is 0 Å². The molecule has 1 aliphatic rings. The number of aliphatic hydroxyl groups is 1. The van der Waals surface area contributed by atoms with Gasteiger partial charge in [0.25, 0.3) is 0 Å². The SMILES string of the molecule is C[C@@H]1SC(=NCO)NC1=O. The second-order valence-electron chi connectivity index (χ2n) is 1.85. The van der Waals surface area contributed by atoms with Crippen LogP contribution < -0.4 is 5.32 Å². The van der Waals surface area contributed by atoms with Crippen LogP contribution in [-0.2, 0) is 4.79 Å². The Labute approximate surface area is 62.7 Å². The summed E-state index contributed by atoms with van der Waals surface area (Å²) < 4.78 is 0. The third kappa shape index (κ3) is 1.48. The number of nitrogens with zero attached hydrogens (tertiary/aromatic N) is 1. The normalized spacial score (nSPS) is 29.2. The summed E-state index contributed by atoms with van der Waals surface area (Å²) in [6.07, 6.45) is 0. The summed E-state index contributed by atoms with van der Waals surface area (Å²) in [7, 11) is 0. The Balaban J connectivity index is 2.57. The van der Waals surface area contributed by atoms with Gasteiger partial charge in [-0.05, 0) is 6.92 Å². The Morgan fingerprint density at radius 3 is 3.00 bits per heavy atom. The Kier molecular flexibility index (Phi) is 2.29. The number of hydrogen-bond acceptors (Lipinski definition) is 4. The number of aliphatic hydroxyl groups excluding tert-OH is 1. The van der Waals surface area contributed by atoms with Crippen molar-refractivity contribution in [3.63, 3.8) is 0 Å². The molecule has 1 fully saturated rings. The molecule has 1 atom stereocenters. The highest BCUT2D eigenvalue weighted by Gasteiger charge is 2.25. The molecule has 0 aromatic carbocycles. The molecule has 0 radical (unpaired) electrons. The zero-order valence-corrected chi connectivity index (χ0v) is 6.31. The second kappa shape index (κ2) is 3.03. The summed E-state index contributed by atoms with van der Waals surface area (Å²) in [4.78, 5) is 14.4. The molecule has 10 heavy (non-hydrogen) atoms. The molecule has 4 nitrogen and oxygen atoms in total. The molecule has 1 heterocycles. The molecule has 0 aliphatic carbocycles. The standard InChI is InChI=1S/C5H8N2O2S/c1-3-4(9)7-5(10-3)6-2-8/h3,8H,2H2,1H3,(H,6,7,9)/t3-/m0/s1. The minimum atomic E-state index is -0.269. The van der Waals surface area contributed by atoms with Crippen LogP contribution in [0.3, 0.4) is 0 Å². The number of amidine groups is 1. The summed E-state index contributed by atoms with van der Waals surface area (Å²) in [5.41, 5.74) is 0. The largest absolute Gasteiger partial charge is 0.374 e. The predicted octanol–water partition coefficient (Wildman–Crippen LogP) is -0.456. The first-order valence-corrected chi connectivity index (χ1v) is 3.75. The van der Waals surface area contributed by atoms with Gasteiger partial charge in [-0.1, -0.05) is 11.8 Å². The van der Waals surface area contributed by atoms with Crippen LogP contribution in [0.4, 0.5) is 0 Å². The van der Waals surface area contributed by atoms with Crippen molar-refractivity contribution < 1.29 is 9.90 Å². The van der Waals surface area contributed by atoms with E-state index in [-0.39, 0.29) is 17.9 Å². The molecule has 56 valence electrons. The third-order valence-corrected chi connectivity index (χ3v) is 2.12. The van der Waals surface area contributed by atoms with Gasteiger partial charge in [-0.15, -0.1) is 0 Å². The van der Waals surface area contributed by atoms with Crippen molar-refractivity contribution >= 4 is 22.8 Å². The summed E-state index contributed by atoms with van der Waals surface area (Å²) >= 11 is 1.33. The number of thioether (sulfide) groups is 1. The van der Waals surface area contributed by atoms with E-state index in [1.165, 1.54) is 11.8 Å². The number of nitrogens with one attached hydrogen (secondary N) is 1. The van der Waals surface area contributed by atoms with Crippen molar-refractivity contribution in [3.05, 3.63) is 0 Å². The lowest BCUT2D eigenvalue weighted by Crippen LogP contribution is -2.23. The number of amides is 1. The Hall–Kier alpha value is -0.550. The Morgan fingerprint density at radius 1 is 1.90 bits per heavy atom. The fraction of sp³-hybridized carbons (Fsp3) is 0.600. The molecule has 1 aliphatic heterocycles. The predicted molar refractivity (Wildman–Crippen MR) is 39.7 cm³/mol. The maximum absolute atomic E-state index is 10.8. The van der Waals surface area contributed by atoms with Gasteiger partial charge >= 0.3 is 0 Å². The minimum Gasteiger partial charge on any atom is -0.374 e. The molecule has 0 spiro atoms. The molecule has 0 aromatic heterocycles. The van der Waals surface area contributed by atoms with E-state index in [2.05, 4.69) is 10.3 Å². The van der Waals surface area contributed by atoms with Crippen LogP contribution in [0.2, 0.25) is 0 Å². The summed E-state index contributed by atoms with van der Waals surface area (Å²) in [6, 6.07) is 0. The average molecular weight is 160 g/mol. The Bertz CT molecular complexity index is 180. The summed E-state index contributed by atoms with van der Waals surface area (Å²) in [6.45, 7) is 1.52. The van der Waals surface area contributed by atoms with Crippen molar-refractivity contribution in [2.45, 2.75) is 12.2 Å². The van der Waals surface area contributed by atoms with Gasteiger partial charge in [0.05, 0.1) is 5.25 Å². The van der Waals surface area contributed by atoms with Crippen molar-refractivity contribution in [1.29, 1.82) is 0 Å². The van der Waals surface area contributed by atoms with E-state index in [0.717, 1.165) is 0 Å². The molecule has 0 aromatic rings. The highest BCUT2D eigenvalue weighted by atomic mass is 32.2. The van der Waals surface area contributed by atoms with Crippen molar-refractivity contribution in [2.24, 2.45) is 4.99 Å². The van der Waals surface area contributed by atoms with Crippen molar-refractivity contribution in [3.8, 4) is 0 Å². The van der Waals surface area contributed by atoms with E-state index in [1.54, 1.807) is 6.92 Å². The zero-order valence-electron chi connectivity index (χ0n) is 5.50. The monoisotopic (exact) mass is 160 g/mol. The topological polar surface area (TPSA) is 61.7 Å². The first kappa shape index (κ1) is 7.56.